The third-order valence-electron chi connectivity index (χ3n) is 6.08. The van der Waals surface area contributed by atoms with Gasteiger partial charge in [-0.05, 0) is 18.4 Å². The maximum absolute atomic E-state index is 13.4. The molecule has 3 aliphatic rings. The number of rotatable bonds is 3. The van der Waals surface area contributed by atoms with Crippen molar-refractivity contribution in [2.45, 2.75) is 43.2 Å². The highest BCUT2D eigenvalue weighted by Gasteiger charge is 2.69. The van der Waals surface area contributed by atoms with Gasteiger partial charge in [0.15, 0.2) is 6.67 Å². The average Bonchev–Trinajstić information content (AvgIpc) is 3.31. The lowest BCUT2D eigenvalue weighted by Crippen LogP contribution is -2.77. The number of hydrogen-bond acceptors (Lipinski definition) is 7. The van der Waals surface area contributed by atoms with E-state index in [2.05, 4.69) is 10.1 Å². The zero-order valence-electron chi connectivity index (χ0n) is 15.5. The SMILES string of the molecule is CC1N([C@@H]2CC(=O)O[C@@]2(O)CF)C(=O)[C@@]12CC(c1nccc3ccccc13)=NO2. The van der Waals surface area contributed by atoms with Crippen LogP contribution in [0.15, 0.2) is 41.7 Å². The molecule has 2 aromatic rings. The Kier molecular flexibility index (Phi) is 3.70. The second kappa shape index (κ2) is 5.96. The molecule has 0 aliphatic carbocycles. The van der Waals surface area contributed by atoms with E-state index in [1.807, 2.05) is 30.3 Å². The topological polar surface area (TPSA) is 101 Å². The summed E-state index contributed by atoms with van der Waals surface area (Å²) in [7, 11) is 0. The largest absolute Gasteiger partial charge is 0.428 e. The van der Waals surface area contributed by atoms with Gasteiger partial charge in [-0.3, -0.25) is 14.6 Å². The van der Waals surface area contributed by atoms with Gasteiger partial charge in [0.05, 0.1) is 18.2 Å². The van der Waals surface area contributed by atoms with Crippen molar-refractivity contribution >= 4 is 28.4 Å². The summed E-state index contributed by atoms with van der Waals surface area (Å²) >= 11 is 0. The van der Waals surface area contributed by atoms with Gasteiger partial charge >= 0.3 is 5.97 Å². The van der Waals surface area contributed by atoms with Crippen LogP contribution >= 0.6 is 0 Å². The Hall–Kier alpha value is -3.07. The van der Waals surface area contributed by atoms with Gasteiger partial charge in [0, 0.05) is 18.0 Å². The summed E-state index contributed by atoms with van der Waals surface area (Å²) in [5.74, 6) is -3.54. The van der Waals surface area contributed by atoms with Crippen LogP contribution in [0, 0.1) is 0 Å². The van der Waals surface area contributed by atoms with Gasteiger partial charge < -0.3 is 19.6 Å². The predicted molar refractivity (Wildman–Crippen MR) is 98.4 cm³/mol. The molecule has 150 valence electrons. The number of esters is 1. The first-order chi connectivity index (χ1) is 13.9. The summed E-state index contributed by atoms with van der Waals surface area (Å²) in [6, 6.07) is 7.95. The zero-order chi connectivity index (χ0) is 20.4. The molecule has 8 nitrogen and oxygen atoms in total. The number of aliphatic hydroxyl groups is 1. The Balaban J connectivity index is 1.42. The molecule has 0 bridgehead atoms. The van der Waals surface area contributed by atoms with E-state index in [9.17, 15) is 19.1 Å². The maximum atomic E-state index is 13.4. The van der Waals surface area contributed by atoms with Crippen LogP contribution in [0.5, 0.6) is 0 Å². The standard InChI is InChI=1S/C20H18FN3O5/c1-11-19(18(26)24(11)15-8-16(25)28-20(15,27)10-21)9-14(23-29-19)17-13-5-3-2-4-12(13)6-7-22-17/h2-7,11,15,27H,8-10H2,1H3/t11?,15-,19-,20+/m1/s1. The summed E-state index contributed by atoms with van der Waals surface area (Å²) in [5, 5.41) is 16.3. The van der Waals surface area contributed by atoms with E-state index in [-0.39, 0.29) is 12.8 Å². The lowest BCUT2D eigenvalue weighted by Gasteiger charge is -2.54. The Bertz CT molecular complexity index is 1070. The van der Waals surface area contributed by atoms with E-state index in [0.29, 0.717) is 11.4 Å². The van der Waals surface area contributed by atoms with Crippen LogP contribution < -0.4 is 0 Å². The fourth-order valence-electron chi connectivity index (χ4n) is 4.46. The minimum Gasteiger partial charge on any atom is -0.428 e. The van der Waals surface area contributed by atoms with Crippen LogP contribution in [0.3, 0.4) is 0 Å². The molecule has 1 amide bonds. The molecule has 1 spiro atoms. The molecule has 2 fully saturated rings. The smallest absolute Gasteiger partial charge is 0.310 e. The summed E-state index contributed by atoms with van der Waals surface area (Å²) in [5.41, 5.74) is -0.0733. The molecule has 1 aromatic heterocycles. The lowest BCUT2D eigenvalue weighted by atomic mass is 9.76. The number of ether oxygens (including phenoxy) is 1. The number of β-lactam (4-membered cyclic amide) rings is 1. The van der Waals surface area contributed by atoms with E-state index < -0.39 is 42.0 Å². The summed E-state index contributed by atoms with van der Waals surface area (Å²) in [6.07, 6.45) is 1.59. The Morgan fingerprint density at radius 2 is 2.10 bits per heavy atom. The Morgan fingerprint density at radius 3 is 2.86 bits per heavy atom. The highest BCUT2D eigenvalue weighted by atomic mass is 19.1. The number of benzene rings is 1. The minimum absolute atomic E-state index is 0.195. The normalized spacial score (nSPS) is 33.6. The molecule has 0 radical (unpaired) electrons. The average molecular weight is 399 g/mol. The van der Waals surface area contributed by atoms with Crippen LogP contribution in [-0.2, 0) is 19.2 Å². The molecule has 0 saturated carbocycles. The number of cyclic esters (lactones) is 1. The van der Waals surface area contributed by atoms with E-state index in [0.717, 1.165) is 10.8 Å². The number of likely N-dealkylation sites (tertiary alicyclic amines) is 1. The number of carbonyl (C=O) groups is 2. The predicted octanol–water partition coefficient (Wildman–Crippen LogP) is 1.30. The van der Waals surface area contributed by atoms with Crippen molar-refractivity contribution < 1.29 is 28.7 Å². The monoisotopic (exact) mass is 399 g/mol. The van der Waals surface area contributed by atoms with E-state index in [1.165, 1.54) is 4.90 Å². The van der Waals surface area contributed by atoms with E-state index in [4.69, 9.17) is 9.57 Å². The summed E-state index contributed by atoms with van der Waals surface area (Å²) < 4.78 is 18.1. The Labute approximate surface area is 164 Å². The molecule has 5 rings (SSSR count). The fourth-order valence-corrected chi connectivity index (χ4v) is 4.46. The first-order valence-corrected chi connectivity index (χ1v) is 9.32. The number of alkyl halides is 1. The van der Waals surface area contributed by atoms with Gasteiger partial charge in [0.2, 0.25) is 5.60 Å². The highest BCUT2D eigenvalue weighted by Crippen LogP contribution is 2.47. The van der Waals surface area contributed by atoms with Gasteiger partial charge in [-0.25, -0.2) is 4.39 Å². The molecule has 2 saturated heterocycles. The van der Waals surface area contributed by atoms with Crippen molar-refractivity contribution in [1.29, 1.82) is 0 Å². The number of hydrogen-bond donors (Lipinski definition) is 1. The minimum atomic E-state index is -2.33. The van der Waals surface area contributed by atoms with Crippen LogP contribution in [0.4, 0.5) is 4.39 Å². The van der Waals surface area contributed by atoms with Crippen molar-refractivity contribution in [2.24, 2.45) is 5.16 Å². The second-order valence-corrected chi connectivity index (χ2v) is 7.64. The van der Waals surface area contributed by atoms with Gasteiger partial charge in [0.25, 0.3) is 11.7 Å². The van der Waals surface area contributed by atoms with Gasteiger partial charge in [0.1, 0.15) is 11.8 Å². The van der Waals surface area contributed by atoms with Crippen LogP contribution in [-0.4, -0.2) is 62.7 Å². The number of nitrogens with zero attached hydrogens (tertiary/aromatic N) is 3. The second-order valence-electron chi connectivity index (χ2n) is 7.64. The zero-order valence-corrected chi connectivity index (χ0v) is 15.5. The molecule has 4 atom stereocenters. The molecule has 3 aliphatic heterocycles. The quantitative estimate of drug-likeness (QED) is 0.617. The van der Waals surface area contributed by atoms with Gasteiger partial charge in [-0.15, -0.1) is 0 Å². The van der Waals surface area contributed by atoms with Crippen molar-refractivity contribution in [3.63, 3.8) is 0 Å². The molecule has 1 aromatic carbocycles. The van der Waals surface area contributed by atoms with Crippen molar-refractivity contribution in [3.8, 4) is 0 Å². The third-order valence-corrected chi connectivity index (χ3v) is 6.08. The van der Waals surface area contributed by atoms with E-state index >= 15 is 0 Å². The first-order valence-electron chi connectivity index (χ1n) is 9.32. The van der Waals surface area contributed by atoms with Gasteiger partial charge in [-0.1, -0.05) is 29.4 Å². The van der Waals surface area contributed by atoms with Gasteiger partial charge in [-0.2, -0.15) is 0 Å². The number of halogens is 1. The molecule has 1 N–H and O–H groups in total. The molecule has 4 heterocycles. The third kappa shape index (κ3) is 2.33. The highest BCUT2D eigenvalue weighted by molar-refractivity contribution is 6.13. The van der Waals surface area contributed by atoms with E-state index in [1.54, 1.807) is 13.1 Å². The van der Waals surface area contributed by atoms with Crippen molar-refractivity contribution in [2.75, 3.05) is 6.67 Å². The van der Waals surface area contributed by atoms with Crippen LogP contribution in [0.25, 0.3) is 10.8 Å². The summed E-state index contributed by atoms with van der Waals surface area (Å²) in [6.45, 7) is 0.424. The molecular weight excluding hydrogens is 381 g/mol. The summed E-state index contributed by atoms with van der Waals surface area (Å²) in [4.78, 5) is 35.9. The van der Waals surface area contributed by atoms with Crippen LogP contribution in [0.2, 0.25) is 0 Å². The molecule has 29 heavy (non-hydrogen) atoms. The number of pyridine rings is 1. The number of fused-ring (bicyclic) bond motifs is 1. The molecule has 1 unspecified atom stereocenters. The molecular formula is C20H18FN3O5. The number of oxime groups is 1. The number of carbonyl (C=O) groups excluding carboxylic acids is 2. The Morgan fingerprint density at radius 1 is 1.31 bits per heavy atom. The lowest BCUT2D eigenvalue weighted by molar-refractivity contribution is -0.242. The number of amides is 1. The van der Waals surface area contributed by atoms with Crippen molar-refractivity contribution in [3.05, 3.63) is 42.2 Å². The maximum Gasteiger partial charge on any atom is 0.310 e. The first kappa shape index (κ1) is 18.0. The number of aromatic nitrogens is 1. The van der Waals surface area contributed by atoms with Crippen molar-refractivity contribution in [1.82, 2.24) is 9.88 Å². The fraction of sp³-hybridized carbons (Fsp3) is 0.400. The molecule has 9 heteroatoms. The van der Waals surface area contributed by atoms with Crippen LogP contribution in [0.1, 0.15) is 25.5 Å².